The predicted molar refractivity (Wildman–Crippen MR) is 64.0 cm³/mol. The fourth-order valence-corrected chi connectivity index (χ4v) is 2.30. The number of nitrogens with zero attached hydrogens (tertiary/aromatic N) is 1. The van der Waals surface area contributed by atoms with E-state index in [1.807, 2.05) is 0 Å². The lowest BCUT2D eigenvalue weighted by molar-refractivity contribution is 0.452. The summed E-state index contributed by atoms with van der Waals surface area (Å²) in [6.45, 7) is 1.02. The van der Waals surface area contributed by atoms with Gasteiger partial charge in [0.1, 0.15) is 5.52 Å². The molecule has 1 fully saturated rings. The van der Waals surface area contributed by atoms with E-state index >= 15 is 0 Å². The van der Waals surface area contributed by atoms with E-state index in [-0.39, 0.29) is 6.04 Å². The molecule has 84 valence electrons. The third kappa shape index (κ3) is 1.69. The van der Waals surface area contributed by atoms with Crippen LogP contribution < -0.4 is 5.32 Å². The number of hydrogen-bond acceptors (Lipinski definition) is 3. The van der Waals surface area contributed by atoms with Crippen molar-refractivity contribution >= 4 is 34.3 Å². The summed E-state index contributed by atoms with van der Waals surface area (Å²) in [7, 11) is 0. The highest BCUT2D eigenvalue weighted by molar-refractivity contribution is 6.42. The van der Waals surface area contributed by atoms with E-state index in [9.17, 15) is 0 Å². The Kier molecular flexibility index (Phi) is 2.54. The fourth-order valence-electron chi connectivity index (χ4n) is 1.99. The van der Waals surface area contributed by atoms with Crippen molar-refractivity contribution in [1.29, 1.82) is 0 Å². The molecule has 1 atom stereocenters. The molecule has 1 aromatic carbocycles. The summed E-state index contributed by atoms with van der Waals surface area (Å²) >= 11 is 11.8. The minimum absolute atomic E-state index is 0.227. The molecule has 1 aromatic heterocycles. The number of nitrogens with one attached hydrogen (secondary N) is 1. The van der Waals surface area contributed by atoms with Gasteiger partial charge in [0.15, 0.2) is 5.58 Å². The van der Waals surface area contributed by atoms with Crippen molar-refractivity contribution in [3.63, 3.8) is 0 Å². The maximum Gasteiger partial charge on any atom is 0.212 e. The van der Waals surface area contributed by atoms with E-state index in [0.29, 0.717) is 15.6 Å². The van der Waals surface area contributed by atoms with Gasteiger partial charge in [0, 0.05) is 6.07 Å². The van der Waals surface area contributed by atoms with E-state index < -0.39 is 0 Å². The van der Waals surface area contributed by atoms with Crippen molar-refractivity contribution in [2.24, 2.45) is 0 Å². The molecule has 2 aromatic rings. The number of fused-ring (bicyclic) bond motifs is 1. The Balaban J connectivity index is 2.08. The predicted octanol–water partition coefficient (Wildman–Crippen LogP) is 3.56. The second-order valence-electron chi connectivity index (χ2n) is 3.94. The Morgan fingerprint density at radius 2 is 2.12 bits per heavy atom. The third-order valence-electron chi connectivity index (χ3n) is 2.81. The highest BCUT2D eigenvalue weighted by atomic mass is 35.5. The highest BCUT2D eigenvalue weighted by Gasteiger charge is 2.21. The lowest BCUT2D eigenvalue weighted by atomic mass is 10.2. The van der Waals surface area contributed by atoms with Crippen LogP contribution in [0.15, 0.2) is 16.5 Å². The molecule has 2 heterocycles. The van der Waals surface area contributed by atoms with Crippen molar-refractivity contribution in [3.05, 3.63) is 28.1 Å². The Labute approximate surface area is 103 Å². The first-order valence-electron chi connectivity index (χ1n) is 5.23. The van der Waals surface area contributed by atoms with Gasteiger partial charge in [-0.2, -0.15) is 0 Å². The molecule has 16 heavy (non-hydrogen) atoms. The molecule has 3 nitrogen and oxygen atoms in total. The normalized spacial score (nSPS) is 20.8. The van der Waals surface area contributed by atoms with Crippen LogP contribution in [-0.2, 0) is 0 Å². The first-order valence-corrected chi connectivity index (χ1v) is 5.98. The third-order valence-corrected chi connectivity index (χ3v) is 3.53. The highest BCUT2D eigenvalue weighted by Crippen LogP contribution is 2.31. The Bertz CT molecular complexity index is 493. The molecule has 1 unspecified atom stereocenters. The van der Waals surface area contributed by atoms with Gasteiger partial charge in [-0.15, -0.1) is 0 Å². The van der Waals surface area contributed by atoms with E-state index in [2.05, 4.69) is 10.3 Å². The standard InChI is InChI=1S/C11H10Cl2N2O/c12-6-4-9-10(5-7(6)13)16-11(15-9)8-2-1-3-14-8/h4-5,8,14H,1-3H2. The van der Waals surface area contributed by atoms with Gasteiger partial charge in [-0.25, -0.2) is 4.98 Å². The van der Waals surface area contributed by atoms with Crippen LogP contribution in [-0.4, -0.2) is 11.5 Å². The smallest absolute Gasteiger partial charge is 0.212 e. The summed E-state index contributed by atoms with van der Waals surface area (Å²) in [5.41, 5.74) is 1.45. The average molecular weight is 257 g/mol. The first kappa shape index (κ1) is 10.4. The SMILES string of the molecule is Clc1cc2nc(C3CCCN3)oc2cc1Cl. The second-order valence-corrected chi connectivity index (χ2v) is 4.75. The monoisotopic (exact) mass is 256 g/mol. The molecule has 0 bridgehead atoms. The average Bonchev–Trinajstić information content (AvgIpc) is 2.86. The van der Waals surface area contributed by atoms with E-state index in [1.165, 1.54) is 0 Å². The van der Waals surface area contributed by atoms with Crippen LogP contribution in [0.25, 0.3) is 11.1 Å². The summed E-state index contributed by atoms with van der Waals surface area (Å²) in [6, 6.07) is 3.68. The van der Waals surface area contributed by atoms with E-state index in [0.717, 1.165) is 30.8 Å². The lowest BCUT2D eigenvalue weighted by Gasteiger charge is -2.02. The molecule has 0 spiro atoms. The van der Waals surface area contributed by atoms with Crippen molar-refractivity contribution in [2.45, 2.75) is 18.9 Å². The maximum atomic E-state index is 5.93. The molecule has 3 rings (SSSR count). The maximum absolute atomic E-state index is 5.93. The number of benzene rings is 1. The summed E-state index contributed by atoms with van der Waals surface area (Å²) in [4.78, 5) is 4.42. The molecular formula is C11H10Cl2N2O. The molecule has 0 amide bonds. The van der Waals surface area contributed by atoms with Crippen molar-refractivity contribution in [1.82, 2.24) is 10.3 Å². The molecule has 1 aliphatic heterocycles. The zero-order valence-corrected chi connectivity index (χ0v) is 9.98. The first-order chi connectivity index (χ1) is 7.74. The molecule has 0 aliphatic carbocycles. The van der Waals surface area contributed by atoms with Crippen molar-refractivity contribution in [3.8, 4) is 0 Å². The van der Waals surface area contributed by atoms with Crippen LogP contribution >= 0.6 is 23.2 Å². The van der Waals surface area contributed by atoms with Gasteiger partial charge in [0.25, 0.3) is 0 Å². The van der Waals surface area contributed by atoms with Gasteiger partial charge in [0.2, 0.25) is 5.89 Å². The molecule has 5 heteroatoms. The summed E-state index contributed by atoms with van der Waals surface area (Å²) in [5.74, 6) is 0.728. The van der Waals surface area contributed by atoms with Crippen LogP contribution in [0, 0.1) is 0 Å². The summed E-state index contributed by atoms with van der Waals surface area (Å²) < 4.78 is 5.67. The van der Waals surface area contributed by atoms with Gasteiger partial charge in [-0.1, -0.05) is 23.2 Å². The molecule has 0 saturated carbocycles. The Hall–Kier alpha value is -0.770. The van der Waals surface area contributed by atoms with Gasteiger partial charge < -0.3 is 9.73 Å². The largest absolute Gasteiger partial charge is 0.439 e. The zero-order valence-electron chi connectivity index (χ0n) is 8.46. The number of aromatic nitrogens is 1. The van der Waals surface area contributed by atoms with Gasteiger partial charge in [0.05, 0.1) is 16.1 Å². The van der Waals surface area contributed by atoms with Crippen molar-refractivity contribution < 1.29 is 4.42 Å². The van der Waals surface area contributed by atoms with E-state index in [4.69, 9.17) is 27.6 Å². The fraction of sp³-hybridized carbons (Fsp3) is 0.364. The molecule has 1 N–H and O–H groups in total. The van der Waals surface area contributed by atoms with E-state index in [1.54, 1.807) is 12.1 Å². The minimum atomic E-state index is 0.227. The van der Waals surface area contributed by atoms with Crippen LogP contribution in [0.2, 0.25) is 10.0 Å². The topological polar surface area (TPSA) is 38.1 Å². The Morgan fingerprint density at radius 1 is 1.31 bits per heavy atom. The number of oxazole rings is 1. The van der Waals surface area contributed by atoms with Crippen LogP contribution in [0.3, 0.4) is 0 Å². The molecular weight excluding hydrogens is 247 g/mol. The molecule has 1 aliphatic rings. The summed E-state index contributed by atoms with van der Waals surface area (Å²) in [5, 5.41) is 4.35. The van der Waals surface area contributed by atoms with Gasteiger partial charge >= 0.3 is 0 Å². The summed E-state index contributed by atoms with van der Waals surface area (Å²) in [6.07, 6.45) is 2.22. The van der Waals surface area contributed by atoms with Gasteiger partial charge in [-0.05, 0) is 25.5 Å². The van der Waals surface area contributed by atoms with Gasteiger partial charge in [-0.3, -0.25) is 0 Å². The Morgan fingerprint density at radius 3 is 2.88 bits per heavy atom. The molecule has 1 saturated heterocycles. The van der Waals surface area contributed by atoms with Crippen LogP contribution in [0.5, 0.6) is 0 Å². The lowest BCUT2D eigenvalue weighted by Crippen LogP contribution is -2.12. The van der Waals surface area contributed by atoms with Crippen LogP contribution in [0.1, 0.15) is 24.8 Å². The van der Waals surface area contributed by atoms with Crippen molar-refractivity contribution in [2.75, 3.05) is 6.54 Å². The quantitative estimate of drug-likeness (QED) is 0.848. The number of hydrogen-bond donors (Lipinski definition) is 1. The molecule has 0 radical (unpaired) electrons. The number of rotatable bonds is 1. The minimum Gasteiger partial charge on any atom is -0.439 e. The second kappa shape index (κ2) is 3.91. The zero-order chi connectivity index (χ0) is 11.1. The number of halogens is 2. The van der Waals surface area contributed by atoms with Crippen LogP contribution in [0.4, 0.5) is 0 Å².